The zero-order chi connectivity index (χ0) is 18.4. The van der Waals surface area contributed by atoms with E-state index in [2.05, 4.69) is 20.6 Å². The third kappa shape index (κ3) is 10.2. The first kappa shape index (κ1) is 24.4. The van der Waals surface area contributed by atoms with Gasteiger partial charge in [-0.25, -0.2) is 13.4 Å². The highest BCUT2D eigenvalue weighted by Gasteiger charge is 2.20. The second kappa shape index (κ2) is 10.5. The van der Waals surface area contributed by atoms with Gasteiger partial charge < -0.3 is 15.5 Å². The summed E-state index contributed by atoms with van der Waals surface area (Å²) in [6.07, 6.45) is 1.88. The summed E-state index contributed by atoms with van der Waals surface area (Å²) in [6.45, 7) is 5.32. The Morgan fingerprint density at radius 1 is 1.36 bits per heavy atom. The highest BCUT2D eigenvalue weighted by atomic mass is 127. The van der Waals surface area contributed by atoms with Crippen molar-refractivity contribution in [3.63, 3.8) is 0 Å². The van der Waals surface area contributed by atoms with Crippen LogP contribution in [0.5, 0.6) is 0 Å². The molecule has 0 aliphatic carbocycles. The van der Waals surface area contributed by atoms with Crippen LogP contribution in [0, 0.1) is 5.41 Å². The minimum Gasteiger partial charge on any atom is -0.356 e. The Morgan fingerprint density at radius 3 is 2.48 bits per heavy atom. The molecular formula is C15H30IN5O2S2. The molecule has 0 spiro atoms. The molecule has 0 aliphatic rings. The van der Waals surface area contributed by atoms with Gasteiger partial charge >= 0.3 is 0 Å². The van der Waals surface area contributed by atoms with Crippen molar-refractivity contribution in [2.75, 3.05) is 44.6 Å². The number of anilines is 1. The largest absolute Gasteiger partial charge is 0.356 e. The van der Waals surface area contributed by atoms with Crippen molar-refractivity contribution < 1.29 is 8.42 Å². The van der Waals surface area contributed by atoms with Crippen LogP contribution < -0.4 is 15.5 Å². The van der Waals surface area contributed by atoms with E-state index in [1.54, 1.807) is 18.4 Å². The summed E-state index contributed by atoms with van der Waals surface area (Å²) in [5, 5.41) is 9.47. The van der Waals surface area contributed by atoms with E-state index < -0.39 is 9.84 Å². The number of thiazole rings is 1. The molecule has 0 bridgehead atoms. The van der Waals surface area contributed by atoms with Crippen molar-refractivity contribution >= 4 is 56.2 Å². The zero-order valence-electron chi connectivity index (χ0n) is 15.8. The summed E-state index contributed by atoms with van der Waals surface area (Å²) in [6, 6.07) is 0. The molecule has 1 aromatic heterocycles. The smallest absolute Gasteiger partial charge is 0.191 e. The van der Waals surface area contributed by atoms with E-state index >= 15 is 0 Å². The maximum atomic E-state index is 11.3. The van der Waals surface area contributed by atoms with Gasteiger partial charge in [0, 0.05) is 39.3 Å². The number of aliphatic imine (C=N–C) groups is 1. The Balaban J connectivity index is 0.00000576. The van der Waals surface area contributed by atoms with Gasteiger partial charge in [-0.15, -0.1) is 35.3 Å². The fraction of sp³-hybridized carbons (Fsp3) is 0.733. The number of sulfone groups is 1. The third-order valence-electron chi connectivity index (χ3n) is 3.47. The van der Waals surface area contributed by atoms with Crippen LogP contribution in [0.4, 0.5) is 5.13 Å². The van der Waals surface area contributed by atoms with Gasteiger partial charge in [-0.3, -0.25) is 4.99 Å². The Labute approximate surface area is 172 Å². The summed E-state index contributed by atoms with van der Waals surface area (Å²) in [5.74, 6) is 0.877. The van der Waals surface area contributed by atoms with Crippen LogP contribution in [-0.2, 0) is 16.4 Å². The van der Waals surface area contributed by atoms with Gasteiger partial charge in [0.05, 0.1) is 18.0 Å². The highest BCUT2D eigenvalue weighted by molar-refractivity contribution is 14.0. The molecule has 25 heavy (non-hydrogen) atoms. The van der Waals surface area contributed by atoms with Crippen LogP contribution in [0.15, 0.2) is 10.4 Å². The van der Waals surface area contributed by atoms with Crippen molar-refractivity contribution in [3.05, 3.63) is 11.1 Å². The van der Waals surface area contributed by atoms with Gasteiger partial charge in [0.25, 0.3) is 0 Å². The average molecular weight is 503 g/mol. The van der Waals surface area contributed by atoms with Crippen molar-refractivity contribution in [2.24, 2.45) is 10.4 Å². The molecule has 1 aromatic rings. The van der Waals surface area contributed by atoms with E-state index in [0.717, 1.165) is 10.8 Å². The summed E-state index contributed by atoms with van der Waals surface area (Å²) in [5.41, 5.74) is 0.822. The quantitative estimate of drug-likeness (QED) is 0.321. The SMILES string of the molecule is CN=C(NCc1csc(N(C)C)n1)NCC(C)(C)CCS(C)(=O)=O.I. The molecule has 10 heteroatoms. The van der Waals surface area contributed by atoms with Crippen molar-refractivity contribution in [2.45, 2.75) is 26.8 Å². The molecule has 0 saturated heterocycles. The predicted molar refractivity (Wildman–Crippen MR) is 118 cm³/mol. The highest BCUT2D eigenvalue weighted by Crippen LogP contribution is 2.20. The van der Waals surface area contributed by atoms with Crippen LogP contribution >= 0.6 is 35.3 Å². The van der Waals surface area contributed by atoms with E-state index in [0.29, 0.717) is 25.5 Å². The van der Waals surface area contributed by atoms with Crippen LogP contribution in [0.1, 0.15) is 26.0 Å². The number of halogens is 1. The number of nitrogens with zero attached hydrogens (tertiary/aromatic N) is 3. The van der Waals surface area contributed by atoms with Crippen LogP contribution in [0.3, 0.4) is 0 Å². The fourth-order valence-electron chi connectivity index (χ4n) is 1.85. The summed E-state index contributed by atoms with van der Waals surface area (Å²) in [7, 11) is 2.71. The lowest BCUT2D eigenvalue weighted by Crippen LogP contribution is -2.42. The Kier molecular flexibility index (Phi) is 10.2. The van der Waals surface area contributed by atoms with E-state index in [1.165, 1.54) is 6.26 Å². The average Bonchev–Trinajstić information content (AvgIpc) is 2.94. The molecule has 0 aromatic carbocycles. The van der Waals surface area contributed by atoms with Crippen LogP contribution in [0.2, 0.25) is 0 Å². The molecule has 0 aliphatic heterocycles. The number of rotatable bonds is 8. The number of guanidine groups is 1. The number of nitrogens with one attached hydrogen (secondary N) is 2. The first-order chi connectivity index (χ1) is 11.0. The molecule has 1 rings (SSSR count). The van der Waals surface area contributed by atoms with Crippen LogP contribution in [0.25, 0.3) is 0 Å². The molecular weight excluding hydrogens is 473 g/mol. The number of aromatic nitrogens is 1. The Hall–Kier alpha value is -0.620. The topological polar surface area (TPSA) is 86.7 Å². The minimum atomic E-state index is -2.94. The number of hydrogen-bond acceptors (Lipinski definition) is 6. The van der Waals surface area contributed by atoms with Crippen molar-refractivity contribution in [1.29, 1.82) is 0 Å². The van der Waals surface area contributed by atoms with Crippen molar-refractivity contribution in [3.8, 4) is 0 Å². The maximum Gasteiger partial charge on any atom is 0.191 e. The fourth-order valence-corrected chi connectivity index (χ4v) is 3.53. The van der Waals surface area contributed by atoms with Gasteiger partial charge in [0.2, 0.25) is 0 Å². The monoisotopic (exact) mass is 503 g/mol. The van der Waals surface area contributed by atoms with Gasteiger partial charge in [-0.05, 0) is 11.8 Å². The molecule has 0 fully saturated rings. The van der Waals surface area contributed by atoms with Crippen molar-refractivity contribution in [1.82, 2.24) is 15.6 Å². The zero-order valence-corrected chi connectivity index (χ0v) is 19.8. The Morgan fingerprint density at radius 2 is 2.00 bits per heavy atom. The van der Waals surface area contributed by atoms with E-state index in [9.17, 15) is 8.42 Å². The van der Waals surface area contributed by atoms with Crippen LogP contribution in [-0.4, -0.2) is 59.1 Å². The normalized spacial score (nSPS) is 12.5. The second-order valence-electron chi connectivity index (χ2n) is 6.84. The van der Waals surface area contributed by atoms with Gasteiger partial charge in [-0.2, -0.15) is 0 Å². The van der Waals surface area contributed by atoms with E-state index in [1.807, 2.05) is 38.2 Å². The molecule has 146 valence electrons. The summed E-state index contributed by atoms with van der Waals surface area (Å²) in [4.78, 5) is 10.7. The molecule has 7 nitrogen and oxygen atoms in total. The molecule has 0 saturated carbocycles. The van der Waals surface area contributed by atoms with E-state index in [-0.39, 0.29) is 35.1 Å². The molecule has 0 amide bonds. The third-order valence-corrected chi connectivity index (χ3v) is 5.47. The van der Waals surface area contributed by atoms with Gasteiger partial charge in [0.15, 0.2) is 11.1 Å². The van der Waals surface area contributed by atoms with E-state index in [4.69, 9.17) is 0 Å². The van der Waals surface area contributed by atoms with Gasteiger partial charge in [-0.1, -0.05) is 13.8 Å². The minimum absolute atomic E-state index is 0. The summed E-state index contributed by atoms with van der Waals surface area (Å²) < 4.78 is 22.6. The first-order valence-electron chi connectivity index (χ1n) is 7.76. The molecule has 2 N–H and O–H groups in total. The summed E-state index contributed by atoms with van der Waals surface area (Å²) >= 11 is 1.60. The lowest BCUT2D eigenvalue weighted by atomic mass is 9.90. The van der Waals surface area contributed by atoms with Gasteiger partial charge in [0.1, 0.15) is 9.84 Å². The number of hydrogen-bond donors (Lipinski definition) is 2. The predicted octanol–water partition coefficient (Wildman–Crippen LogP) is 1.95. The maximum absolute atomic E-state index is 11.3. The molecule has 1 heterocycles. The first-order valence-corrected chi connectivity index (χ1v) is 10.7. The lowest BCUT2D eigenvalue weighted by molar-refractivity contribution is 0.348. The lowest BCUT2D eigenvalue weighted by Gasteiger charge is -2.25. The standard InChI is InChI=1S/C15H29N5O2S2.HI/c1-15(2,7-8-24(6,21)22)11-18-13(16-3)17-9-12-10-23-14(19-12)20(4)5;/h10H,7-9,11H2,1-6H3,(H2,16,17,18);1H. The molecule has 0 unspecified atom stereocenters. The molecule has 0 atom stereocenters. The Bertz CT molecular complexity index is 657. The molecule has 0 radical (unpaired) electrons. The second-order valence-corrected chi connectivity index (χ2v) is 9.94.